The van der Waals surface area contributed by atoms with Crippen molar-refractivity contribution in [2.45, 2.75) is 17.7 Å². The van der Waals surface area contributed by atoms with Crippen LogP contribution in [0.2, 0.25) is 0 Å². The predicted molar refractivity (Wildman–Crippen MR) is 101 cm³/mol. The van der Waals surface area contributed by atoms with E-state index in [0.717, 1.165) is 0 Å². The Morgan fingerprint density at radius 1 is 1.35 bits per heavy atom. The molecule has 0 radical (unpaired) electrons. The number of urea groups is 1. The molecule has 1 atom stereocenters. The lowest BCUT2D eigenvalue weighted by Crippen LogP contribution is -2.35. The number of carbonyl (C=O) groups excluding carboxylic acids is 2. The Bertz CT molecular complexity index is 671. The van der Waals surface area contributed by atoms with Crippen LogP contribution in [0, 0.1) is 5.41 Å². The van der Waals surface area contributed by atoms with Gasteiger partial charge in [0.25, 0.3) is 0 Å². The number of alkyl carbamates (subject to hydrolysis) is 1. The highest BCUT2D eigenvalue weighted by Crippen LogP contribution is 2.63. The number of nitrogens with zero attached hydrogens (tertiary/aromatic N) is 1. The van der Waals surface area contributed by atoms with Gasteiger partial charge >= 0.3 is 12.1 Å². The summed E-state index contributed by atoms with van der Waals surface area (Å²) in [5.74, 6) is 0.616. The Morgan fingerprint density at radius 3 is 2.65 bits per heavy atom. The third-order valence-electron chi connectivity index (χ3n) is 4.22. The molecule has 9 heteroatoms. The number of amides is 3. The van der Waals surface area contributed by atoms with Crippen molar-refractivity contribution in [3.8, 4) is 5.75 Å². The van der Waals surface area contributed by atoms with Crippen LogP contribution < -0.4 is 15.4 Å². The van der Waals surface area contributed by atoms with Crippen molar-refractivity contribution in [1.29, 1.82) is 0 Å². The minimum absolute atomic E-state index is 0.101. The summed E-state index contributed by atoms with van der Waals surface area (Å²) in [7, 11) is 3.08. The number of hydrogen-bond donors (Lipinski definition) is 2. The van der Waals surface area contributed by atoms with E-state index in [1.165, 1.54) is 11.9 Å². The highest BCUT2D eigenvalue weighted by Gasteiger charge is 2.63. The smallest absolute Gasteiger partial charge is 0.406 e. The normalized spacial score (nSPS) is 20.0. The zero-order chi connectivity index (χ0) is 19.4. The van der Waals surface area contributed by atoms with Gasteiger partial charge in [0.05, 0.1) is 13.2 Å². The van der Waals surface area contributed by atoms with Crippen LogP contribution in [0.5, 0.6) is 5.75 Å². The van der Waals surface area contributed by atoms with E-state index in [2.05, 4.69) is 10.6 Å². The van der Waals surface area contributed by atoms with Crippen molar-refractivity contribution >= 4 is 41.0 Å². The zero-order valence-electron chi connectivity index (χ0n) is 15.0. The first-order chi connectivity index (χ1) is 12.2. The number of anilines is 1. The van der Waals surface area contributed by atoms with Crippen molar-refractivity contribution in [2.24, 2.45) is 5.41 Å². The molecule has 144 valence electrons. The molecule has 3 amide bonds. The van der Waals surface area contributed by atoms with Crippen molar-refractivity contribution in [3.63, 3.8) is 0 Å². The summed E-state index contributed by atoms with van der Waals surface area (Å²) in [4.78, 5) is 24.6. The first kappa shape index (κ1) is 20.5. The molecule has 0 aliphatic heterocycles. The van der Waals surface area contributed by atoms with Crippen LogP contribution in [-0.4, -0.2) is 55.2 Å². The van der Waals surface area contributed by atoms with Crippen LogP contribution in [-0.2, 0) is 4.74 Å². The first-order valence-electron chi connectivity index (χ1n) is 8.14. The van der Waals surface area contributed by atoms with Gasteiger partial charge in [0, 0.05) is 31.3 Å². The maximum Gasteiger partial charge on any atom is 0.406 e. The Morgan fingerprint density at radius 2 is 2.04 bits per heavy atom. The fourth-order valence-electron chi connectivity index (χ4n) is 2.18. The van der Waals surface area contributed by atoms with E-state index in [1.54, 1.807) is 31.3 Å². The van der Waals surface area contributed by atoms with E-state index >= 15 is 0 Å². The van der Waals surface area contributed by atoms with Crippen molar-refractivity contribution in [2.75, 3.05) is 39.2 Å². The van der Waals surface area contributed by atoms with E-state index in [1.807, 2.05) is 6.92 Å². The minimum atomic E-state index is -0.738. The second-order valence-electron chi connectivity index (χ2n) is 6.50. The molecule has 2 N–H and O–H groups in total. The maximum atomic E-state index is 12.2. The van der Waals surface area contributed by atoms with Crippen molar-refractivity contribution in [1.82, 2.24) is 10.2 Å². The molecule has 26 heavy (non-hydrogen) atoms. The van der Waals surface area contributed by atoms with Crippen LogP contribution in [0.1, 0.15) is 13.3 Å². The molecule has 0 heterocycles. The number of rotatable bonds is 7. The molecule has 0 bridgehead atoms. The van der Waals surface area contributed by atoms with Gasteiger partial charge in [0.15, 0.2) is 0 Å². The summed E-state index contributed by atoms with van der Waals surface area (Å²) in [5, 5.41) is 5.10. The van der Waals surface area contributed by atoms with Gasteiger partial charge in [-0.3, -0.25) is 0 Å². The number of likely N-dealkylation sites (N-methyl/N-ethyl adjacent to an activating group) is 1. The molecule has 1 saturated carbocycles. The molecular formula is C17H23Cl2N3O4. The molecule has 0 spiro atoms. The summed E-state index contributed by atoms with van der Waals surface area (Å²) in [6.45, 7) is 2.73. The summed E-state index contributed by atoms with van der Waals surface area (Å²) >= 11 is 12.2. The molecule has 0 saturated heterocycles. The summed E-state index contributed by atoms with van der Waals surface area (Å²) < 4.78 is 9.87. The van der Waals surface area contributed by atoms with Crippen molar-refractivity contribution in [3.05, 3.63) is 24.3 Å². The highest BCUT2D eigenvalue weighted by molar-refractivity contribution is 6.51. The standard InChI is InChI=1S/C17H23Cl2N3O4/c1-16(10-17(16,18)19)11-26-13-6-4-5-12(9-13)21-14(23)22(3)7-8-25-15(24)20-2/h4-6,9H,7-8,10-11H2,1-3H3,(H,20,24)(H,21,23). The quantitative estimate of drug-likeness (QED) is 0.682. The molecule has 1 aliphatic carbocycles. The minimum Gasteiger partial charge on any atom is -0.493 e. The second-order valence-corrected chi connectivity index (χ2v) is 7.98. The van der Waals surface area contributed by atoms with Crippen molar-refractivity contribution < 1.29 is 19.1 Å². The largest absolute Gasteiger partial charge is 0.493 e. The monoisotopic (exact) mass is 403 g/mol. The fraction of sp³-hybridized carbons (Fsp3) is 0.529. The van der Waals surface area contributed by atoms with Gasteiger partial charge in [-0.15, -0.1) is 23.2 Å². The Balaban J connectivity index is 1.81. The molecule has 0 aromatic heterocycles. The van der Waals surface area contributed by atoms with Crippen LogP contribution in [0.25, 0.3) is 0 Å². The number of hydrogen-bond acceptors (Lipinski definition) is 4. The van der Waals surface area contributed by atoms with Crippen LogP contribution in [0.3, 0.4) is 0 Å². The van der Waals surface area contributed by atoms with Gasteiger partial charge in [-0.25, -0.2) is 9.59 Å². The van der Waals surface area contributed by atoms with Crippen LogP contribution in [0.4, 0.5) is 15.3 Å². The lowest BCUT2D eigenvalue weighted by atomic mass is 10.2. The topological polar surface area (TPSA) is 79.9 Å². The SMILES string of the molecule is CNC(=O)OCCN(C)C(=O)Nc1cccc(OCC2(C)CC2(Cl)Cl)c1. The Labute approximate surface area is 162 Å². The van der Waals surface area contributed by atoms with E-state index in [0.29, 0.717) is 24.5 Å². The van der Waals surface area contributed by atoms with E-state index in [-0.39, 0.29) is 24.6 Å². The number of alkyl halides is 2. The van der Waals surface area contributed by atoms with E-state index in [4.69, 9.17) is 32.7 Å². The highest BCUT2D eigenvalue weighted by atomic mass is 35.5. The fourth-order valence-corrected chi connectivity index (χ4v) is 2.88. The zero-order valence-corrected chi connectivity index (χ0v) is 16.5. The van der Waals surface area contributed by atoms with Gasteiger partial charge in [-0.05, 0) is 18.6 Å². The van der Waals surface area contributed by atoms with Gasteiger partial charge in [0.1, 0.15) is 16.7 Å². The molecule has 1 fully saturated rings. The number of ether oxygens (including phenoxy) is 2. The van der Waals surface area contributed by atoms with Crippen LogP contribution >= 0.6 is 23.2 Å². The summed E-state index contributed by atoms with van der Waals surface area (Å²) in [6, 6.07) is 6.74. The Hall–Kier alpha value is -1.86. The van der Waals surface area contributed by atoms with Gasteiger partial charge in [0.2, 0.25) is 0 Å². The molecule has 1 unspecified atom stereocenters. The second kappa shape index (κ2) is 8.22. The number of nitrogens with one attached hydrogen (secondary N) is 2. The lowest BCUT2D eigenvalue weighted by Gasteiger charge is -2.18. The summed E-state index contributed by atoms with van der Waals surface area (Å²) in [6.07, 6.45) is 0.147. The first-order valence-corrected chi connectivity index (χ1v) is 8.90. The average molecular weight is 404 g/mol. The third kappa shape index (κ3) is 5.32. The summed E-state index contributed by atoms with van der Waals surface area (Å²) in [5.41, 5.74) is 0.330. The molecule has 2 rings (SSSR count). The van der Waals surface area contributed by atoms with E-state index < -0.39 is 10.4 Å². The van der Waals surface area contributed by atoms with Gasteiger partial charge < -0.3 is 25.0 Å². The number of carbonyl (C=O) groups is 2. The maximum absolute atomic E-state index is 12.2. The molecular weight excluding hydrogens is 381 g/mol. The van der Waals surface area contributed by atoms with Gasteiger partial charge in [-0.1, -0.05) is 13.0 Å². The lowest BCUT2D eigenvalue weighted by molar-refractivity contribution is 0.138. The molecule has 7 nitrogen and oxygen atoms in total. The predicted octanol–water partition coefficient (Wildman–Crippen LogP) is 3.47. The molecule has 1 aromatic carbocycles. The van der Waals surface area contributed by atoms with Crippen LogP contribution in [0.15, 0.2) is 24.3 Å². The Kier molecular flexibility index (Phi) is 6.47. The molecule has 1 aliphatic rings. The number of benzene rings is 1. The number of halogens is 2. The molecule has 1 aromatic rings. The average Bonchev–Trinajstić information content (AvgIpc) is 3.11. The van der Waals surface area contributed by atoms with E-state index in [9.17, 15) is 9.59 Å². The third-order valence-corrected chi connectivity index (χ3v) is 5.40. The van der Waals surface area contributed by atoms with Gasteiger partial charge in [-0.2, -0.15) is 0 Å².